The van der Waals surface area contributed by atoms with Gasteiger partial charge < -0.3 is 0 Å². The van der Waals surface area contributed by atoms with Crippen LogP contribution in [-0.4, -0.2) is 44.7 Å². The second-order valence-electron chi connectivity index (χ2n) is 7.28. The monoisotopic (exact) mass is 383 g/mol. The van der Waals surface area contributed by atoms with Crippen LogP contribution in [0.25, 0.3) is 0 Å². The van der Waals surface area contributed by atoms with Gasteiger partial charge in [0.15, 0.2) is 0 Å². The molecule has 1 fully saturated rings. The zero-order valence-corrected chi connectivity index (χ0v) is 16.0. The van der Waals surface area contributed by atoms with Crippen molar-refractivity contribution in [3.8, 4) is 0 Å². The third-order valence-electron chi connectivity index (χ3n) is 5.20. The average Bonchev–Trinajstić information content (AvgIpc) is 3.22. The van der Waals surface area contributed by atoms with Crippen LogP contribution >= 0.6 is 0 Å². The number of hydrogen-bond donors (Lipinski definition) is 1. The maximum absolute atomic E-state index is 10.5. The van der Waals surface area contributed by atoms with Gasteiger partial charge in [-0.2, -0.15) is 0 Å². The normalized spacial score (nSPS) is 29.6. The van der Waals surface area contributed by atoms with E-state index in [2.05, 4.69) is 32.1 Å². The van der Waals surface area contributed by atoms with Gasteiger partial charge in [-0.1, -0.05) is 0 Å². The van der Waals surface area contributed by atoms with Crippen molar-refractivity contribution >= 4 is 20.9 Å². The molecule has 1 N–H and O–H groups in total. The van der Waals surface area contributed by atoms with Crippen LogP contribution in [0.3, 0.4) is 0 Å². The van der Waals surface area contributed by atoms with Crippen molar-refractivity contribution in [2.24, 2.45) is 16.8 Å². The summed E-state index contributed by atoms with van der Waals surface area (Å²) in [5.41, 5.74) is 1.24. The summed E-state index contributed by atoms with van der Waals surface area (Å²) in [4.78, 5) is 5.19. The molecule has 0 bridgehead atoms. The van der Waals surface area contributed by atoms with Crippen molar-refractivity contribution in [3.63, 3.8) is 0 Å². The summed E-state index contributed by atoms with van der Waals surface area (Å²) in [7, 11) is 0. The first kappa shape index (κ1) is 17.3. The molecule has 3 atom stereocenters. The number of aliphatic hydroxyl groups is 1. The van der Waals surface area contributed by atoms with E-state index < -0.39 is 0 Å². The first-order chi connectivity index (χ1) is 11.1. The number of rotatable bonds is 6. The molecule has 0 aromatic heterocycles. The summed E-state index contributed by atoms with van der Waals surface area (Å²) >= 11 is 0.373. The zero-order chi connectivity index (χ0) is 16.2. The molecule has 1 heterocycles. The minimum atomic E-state index is -0.111. The molecular weight excluding hydrogens is 353 g/mol. The van der Waals surface area contributed by atoms with E-state index in [1.165, 1.54) is 37.7 Å². The van der Waals surface area contributed by atoms with Gasteiger partial charge in [-0.05, 0) is 0 Å². The van der Waals surface area contributed by atoms with Crippen LogP contribution in [0, 0.1) is 11.8 Å². The molecule has 0 amide bonds. The van der Waals surface area contributed by atoms with Crippen LogP contribution in [0.15, 0.2) is 28.8 Å². The van der Waals surface area contributed by atoms with E-state index in [9.17, 15) is 5.11 Å². The molecule has 2 unspecified atom stereocenters. The molecule has 1 aliphatic heterocycles. The molecule has 0 spiro atoms. The zero-order valence-electron chi connectivity index (χ0n) is 14.3. The van der Waals surface area contributed by atoms with Crippen LogP contribution < -0.4 is 0 Å². The fourth-order valence-corrected chi connectivity index (χ4v) is 6.14. The van der Waals surface area contributed by atoms with E-state index >= 15 is 0 Å². The van der Waals surface area contributed by atoms with Gasteiger partial charge in [0.1, 0.15) is 0 Å². The quantitative estimate of drug-likeness (QED) is 0.711. The van der Waals surface area contributed by atoms with Crippen molar-refractivity contribution < 1.29 is 9.84 Å². The maximum atomic E-state index is 10.5. The number of allylic oxidation sites excluding steroid dienone is 3. The molecule has 0 saturated heterocycles. The number of ether oxygens (including phenoxy) is 1. The van der Waals surface area contributed by atoms with E-state index in [4.69, 9.17) is 9.73 Å². The standard InChI is InChI=1S/C19H29NO2Se/c1-13(2)16-11-22-19(20-16)15-9-6-10-18(15)23-12-17(21)14-7-4-3-5-8-14/h6,9-10,13-14,16-18,21H,3-5,7-8,11-12H2,1-2H3/t16-,17?,18?/m1/s1. The van der Waals surface area contributed by atoms with E-state index in [1.54, 1.807) is 0 Å². The average molecular weight is 382 g/mol. The Morgan fingerprint density at radius 1 is 1.30 bits per heavy atom. The summed E-state index contributed by atoms with van der Waals surface area (Å²) in [5, 5.41) is 11.5. The summed E-state index contributed by atoms with van der Waals surface area (Å²) < 4.78 is 5.85. The number of aliphatic hydroxyl groups excluding tert-OH is 1. The van der Waals surface area contributed by atoms with Crippen molar-refractivity contribution in [2.75, 3.05) is 6.61 Å². The van der Waals surface area contributed by atoms with Gasteiger partial charge in [-0.25, -0.2) is 0 Å². The molecule has 1 saturated carbocycles. The molecule has 3 rings (SSSR count). The first-order valence-electron chi connectivity index (χ1n) is 9.04. The van der Waals surface area contributed by atoms with Crippen molar-refractivity contribution in [1.82, 2.24) is 0 Å². The van der Waals surface area contributed by atoms with Gasteiger partial charge in [0, 0.05) is 0 Å². The van der Waals surface area contributed by atoms with E-state index in [1.807, 2.05) is 0 Å². The molecule has 3 aliphatic rings. The molecule has 0 radical (unpaired) electrons. The Hall–Kier alpha value is -0.571. The molecule has 0 aromatic rings. The second-order valence-corrected chi connectivity index (χ2v) is 9.75. The van der Waals surface area contributed by atoms with Crippen LogP contribution in [0.1, 0.15) is 46.0 Å². The Kier molecular flexibility index (Phi) is 6.01. The molecule has 2 aliphatic carbocycles. The van der Waals surface area contributed by atoms with Gasteiger partial charge in [0.2, 0.25) is 0 Å². The first-order valence-corrected chi connectivity index (χ1v) is 11.2. The minimum absolute atomic E-state index is 0.111. The Labute approximate surface area is 146 Å². The number of hydrogen-bond acceptors (Lipinski definition) is 3. The third kappa shape index (κ3) is 4.29. The van der Waals surface area contributed by atoms with Crippen LogP contribution in [-0.2, 0) is 4.74 Å². The Morgan fingerprint density at radius 2 is 2.09 bits per heavy atom. The Balaban J connectivity index is 1.53. The van der Waals surface area contributed by atoms with Crippen molar-refractivity contribution in [3.05, 3.63) is 23.8 Å². The van der Waals surface area contributed by atoms with E-state index in [-0.39, 0.29) is 6.10 Å². The van der Waals surface area contributed by atoms with Gasteiger partial charge in [-0.3, -0.25) is 0 Å². The SMILES string of the molecule is CC(C)[C@H]1COC(C2=CC=CC2[Se]CC(O)C2CCCCC2)=N1. The Morgan fingerprint density at radius 3 is 2.78 bits per heavy atom. The molecule has 23 heavy (non-hydrogen) atoms. The molecule has 3 nitrogen and oxygen atoms in total. The Bertz CT molecular complexity index is 492. The van der Waals surface area contributed by atoms with Gasteiger partial charge in [0.25, 0.3) is 0 Å². The van der Waals surface area contributed by atoms with Crippen LogP contribution in [0.4, 0.5) is 0 Å². The summed E-state index contributed by atoms with van der Waals surface area (Å²) in [5.74, 6) is 1.92. The van der Waals surface area contributed by atoms with Crippen molar-refractivity contribution in [2.45, 2.75) is 68.2 Å². The topological polar surface area (TPSA) is 41.8 Å². The fraction of sp³-hybridized carbons (Fsp3) is 0.737. The summed E-state index contributed by atoms with van der Waals surface area (Å²) in [6.45, 7) is 5.11. The van der Waals surface area contributed by atoms with E-state index in [0.717, 1.165) is 17.8 Å². The van der Waals surface area contributed by atoms with Crippen molar-refractivity contribution in [1.29, 1.82) is 0 Å². The number of aliphatic imine (C=N–C) groups is 1. The fourth-order valence-electron chi connectivity index (χ4n) is 3.54. The number of nitrogens with zero attached hydrogens (tertiary/aromatic N) is 1. The molecular formula is C19H29NO2Se. The van der Waals surface area contributed by atoms with Crippen LogP contribution in [0.5, 0.6) is 0 Å². The molecule has 128 valence electrons. The molecule has 0 aromatic carbocycles. The van der Waals surface area contributed by atoms with Gasteiger partial charge in [-0.15, -0.1) is 0 Å². The summed E-state index contributed by atoms with van der Waals surface area (Å²) in [6.07, 6.45) is 12.8. The van der Waals surface area contributed by atoms with Gasteiger partial charge in [0.05, 0.1) is 0 Å². The summed E-state index contributed by atoms with van der Waals surface area (Å²) in [6, 6.07) is 0.299. The predicted octanol–water partition coefficient (Wildman–Crippen LogP) is 3.79. The van der Waals surface area contributed by atoms with Gasteiger partial charge >= 0.3 is 146 Å². The van der Waals surface area contributed by atoms with E-state index in [0.29, 0.717) is 37.7 Å². The predicted molar refractivity (Wildman–Crippen MR) is 96.1 cm³/mol. The molecule has 4 heteroatoms. The van der Waals surface area contributed by atoms with Crippen LogP contribution in [0.2, 0.25) is 10.1 Å². The third-order valence-corrected chi connectivity index (χ3v) is 7.94. The second kappa shape index (κ2) is 8.00.